The molecule has 106 valence electrons. The number of halogens is 1. The molecule has 3 amide bonds. The van der Waals surface area contributed by atoms with Crippen molar-refractivity contribution in [3.05, 3.63) is 10.7 Å². The van der Waals surface area contributed by atoms with Gasteiger partial charge in [0.05, 0.1) is 6.42 Å². The fraction of sp³-hybridized carbons (Fsp3) is 0.583. The van der Waals surface area contributed by atoms with Gasteiger partial charge in [0.25, 0.3) is 5.91 Å². The minimum atomic E-state index is -0.576. The largest absolute Gasteiger partial charge is 0.460 e. The number of likely N-dealkylation sites (N-methyl/N-ethyl adjacent to an activating group) is 1. The van der Waals surface area contributed by atoms with Crippen LogP contribution in [0.2, 0.25) is 0 Å². The Labute approximate surface area is 120 Å². The molecule has 0 radical (unpaired) electrons. The van der Waals surface area contributed by atoms with Gasteiger partial charge >= 0.3 is 12.0 Å². The lowest BCUT2D eigenvalue weighted by molar-refractivity contribution is -0.155. The Balaban J connectivity index is 2.62. The number of amides is 3. The van der Waals surface area contributed by atoms with Gasteiger partial charge in [0.15, 0.2) is 0 Å². The van der Waals surface area contributed by atoms with E-state index in [0.717, 1.165) is 4.90 Å². The summed E-state index contributed by atoms with van der Waals surface area (Å²) in [5, 5.41) is 0. The van der Waals surface area contributed by atoms with E-state index in [-0.39, 0.29) is 18.7 Å². The fourth-order valence-corrected chi connectivity index (χ4v) is 2.07. The van der Waals surface area contributed by atoms with Gasteiger partial charge < -0.3 is 4.74 Å². The molecule has 1 aliphatic rings. The van der Waals surface area contributed by atoms with Crippen LogP contribution in [-0.4, -0.2) is 46.9 Å². The van der Waals surface area contributed by atoms with Crippen LogP contribution in [0, 0.1) is 0 Å². The smallest absolute Gasteiger partial charge is 0.331 e. The van der Waals surface area contributed by atoms with E-state index in [1.54, 1.807) is 20.8 Å². The van der Waals surface area contributed by atoms with Crippen LogP contribution in [0.25, 0.3) is 0 Å². The van der Waals surface area contributed by atoms with Crippen molar-refractivity contribution in [3.8, 4) is 0 Å². The van der Waals surface area contributed by atoms with Crippen molar-refractivity contribution < 1.29 is 19.1 Å². The highest BCUT2D eigenvalue weighted by molar-refractivity contribution is 9.11. The topological polar surface area (TPSA) is 66.9 Å². The summed E-state index contributed by atoms with van der Waals surface area (Å²) in [6.07, 6.45) is -0.0157. The third kappa shape index (κ3) is 3.79. The highest BCUT2D eigenvalue weighted by atomic mass is 79.9. The van der Waals surface area contributed by atoms with E-state index in [4.69, 9.17) is 4.74 Å². The van der Waals surface area contributed by atoms with Gasteiger partial charge in [-0.05, 0) is 20.8 Å². The first-order valence-corrected chi connectivity index (χ1v) is 6.70. The minimum absolute atomic E-state index is 0.0151. The normalized spacial score (nSPS) is 18.5. The molecule has 0 unspecified atom stereocenters. The second kappa shape index (κ2) is 5.73. The van der Waals surface area contributed by atoms with Crippen LogP contribution >= 0.6 is 15.9 Å². The average molecular weight is 333 g/mol. The summed E-state index contributed by atoms with van der Waals surface area (Å²) in [5.74, 6) is -0.861. The van der Waals surface area contributed by atoms with Crippen LogP contribution in [0.3, 0.4) is 0 Å². The van der Waals surface area contributed by atoms with Gasteiger partial charge in [0.2, 0.25) is 0 Å². The molecule has 0 aromatic carbocycles. The zero-order valence-electron chi connectivity index (χ0n) is 11.4. The maximum atomic E-state index is 11.9. The molecule has 19 heavy (non-hydrogen) atoms. The Hall–Kier alpha value is -1.37. The van der Waals surface area contributed by atoms with Crippen molar-refractivity contribution in [3.63, 3.8) is 0 Å². The standard InChI is InChI=1S/C12H17BrN2O4/c1-12(2,3)19-9(16)5-6-15-10(17)8(7-13)14(4)11(15)18/h7H,5-6H2,1-4H3/b8-7-. The van der Waals surface area contributed by atoms with Gasteiger partial charge in [0, 0.05) is 18.6 Å². The molecule has 1 rings (SSSR count). The molecule has 1 saturated heterocycles. The maximum absolute atomic E-state index is 11.9. The summed E-state index contributed by atoms with van der Waals surface area (Å²) in [5.41, 5.74) is -0.331. The number of imide groups is 1. The zero-order chi connectivity index (χ0) is 14.8. The Morgan fingerprint density at radius 3 is 2.37 bits per heavy atom. The molecule has 1 fully saturated rings. The van der Waals surface area contributed by atoms with Crippen LogP contribution in [0.4, 0.5) is 4.79 Å². The van der Waals surface area contributed by atoms with Crippen LogP contribution in [0.5, 0.6) is 0 Å². The van der Waals surface area contributed by atoms with Crippen LogP contribution in [0.1, 0.15) is 27.2 Å². The number of esters is 1. The molecule has 0 atom stereocenters. The number of carbonyl (C=O) groups is 3. The van der Waals surface area contributed by atoms with E-state index in [0.29, 0.717) is 0 Å². The summed E-state index contributed by atoms with van der Waals surface area (Å²) in [7, 11) is 1.50. The second-order valence-electron chi connectivity index (χ2n) is 5.13. The maximum Gasteiger partial charge on any atom is 0.331 e. The first-order valence-electron chi connectivity index (χ1n) is 5.79. The molecule has 0 aromatic heterocycles. The number of hydrogen-bond acceptors (Lipinski definition) is 4. The quantitative estimate of drug-likeness (QED) is 0.449. The number of nitrogens with zero attached hydrogens (tertiary/aromatic N) is 2. The van der Waals surface area contributed by atoms with Crippen molar-refractivity contribution in [2.75, 3.05) is 13.6 Å². The lowest BCUT2D eigenvalue weighted by Gasteiger charge is -2.20. The summed E-state index contributed by atoms with van der Waals surface area (Å²) >= 11 is 3.04. The van der Waals surface area contributed by atoms with E-state index in [2.05, 4.69) is 15.9 Å². The lowest BCUT2D eigenvalue weighted by Crippen LogP contribution is -2.34. The van der Waals surface area contributed by atoms with Crippen LogP contribution < -0.4 is 0 Å². The third-order valence-electron chi connectivity index (χ3n) is 2.41. The zero-order valence-corrected chi connectivity index (χ0v) is 13.0. The molecule has 0 N–H and O–H groups in total. The molecule has 1 aliphatic heterocycles. The van der Waals surface area contributed by atoms with Crippen LogP contribution in [0.15, 0.2) is 10.7 Å². The van der Waals surface area contributed by atoms with Crippen molar-refractivity contribution in [2.24, 2.45) is 0 Å². The monoisotopic (exact) mass is 332 g/mol. The molecule has 7 heteroatoms. The minimum Gasteiger partial charge on any atom is -0.460 e. The average Bonchev–Trinajstić information content (AvgIpc) is 2.46. The van der Waals surface area contributed by atoms with Gasteiger partial charge in [-0.15, -0.1) is 0 Å². The lowest BCUT2D eigenvalue weighted by atomic mass is 10.2. The number of ether oxygens (including phenoxy) is 1. The summed E-state index contributed by atoms with van der Waals surface area (Å²) < 4.78 is 5.12. The molecule has 0 bridgehead atoms. The van der Waals surface area contributed by atoms with Crippen molar-refractivity contribution in [2.45, 2.75) is 32.8 Å². The molecule has 0 aromatic rings. The van der Waals surface area contributed by atoms with Gasteiger partial charge in [-0.2, -0.15) is 0 Å². The Kier molecular flexibility index (Phi) is 4.73. The van der Waals surface area contributed by atoms with Crippen LogP contribution in [-0.2, 0) is 14.3 Å². The van der Waals surface area contributed by atoms with Crippen molar-refractivity contribution >= 4 is 33.8 Å². The Bertz CT molecular complexity index is 440. The Morgan fingerprint density at radius 1 is 1.37 bits per heavy atom. The second-order valence-corrected chi connectivity index (χ2v) is 5.59. The first kappa shape index (κ1) is 15.7. The summed E-state index contributed by atoms with van der Waals surface area (Å²) in [6.45, 7) is 5.30. The highest BCUT2D eigenvalue weighted by Crippen LogP contribution is 2.20. The van der Waals surface area contributed by atoms with Gasteiger partial charge in [0.1, 0.15) is 11.3 Å². The Morgan fingerprint density at radius 2 is 1.95 bits per heavy atom. The van der Waals surface area contributed by atoms with Gasteiger partial charge in [-0.25, -0.2) is 4.79 Å². The fourth-order valence-electron chi connectivity index (χ4n) is 1.57. The molecule has 0 spiro atoms. The molecular formula is C12H17BrN2O4. The molecule has 1 heterocycles. The van der Waals surface area contributed by atoms with Gasteiger partial charge in [-0.3, -0.25) is 19.4 Å². The predicted molar refractivity (Wildman–Crippen MR) is 72.3 cm³/mol. The third-order valence-corrected chi connectivity index (χ3v) is 2.84. The SMILES string of the molecule is CN1C(=O)N(CCC(=O)OC(C)(C)C)C(=O)/C1=C/Br. The first-order chi connectivity index (χ1) is 8.67. The number of rotatable bonds is 3. The predicted octanol–water partition coefficient (Wildman–Crippen LogP) is 1.85. The number of hydrogen-bond donors (Lipinski definition) is 0. The summed E-state index contributed by atoms with van der Waals surface area (Å²) in [6, 6.07) is -0.445. The number of carbonyl (C=O) groups excluding carboxylic acids is 3. The van der Waals surface area contributed by atoms with Crippen molar-refractivity contribution in [1.29, 1.82) is 0 Å². The van der Waals surface area contributed by atoms with E-state index >= 15 is 0 Å². The summed E-state index contributed by atoms with van der Waals surface area (Å²) in [4.78, 5) is 38.9. The van der Waals surface area contributed by atoms with Crippen molar-refractivity contribution in [1.82, 2.24) is 9.80 Å². The number of urea groups is 1. The van der Waals surface area contributed by atoms with E-state index < -0.39 is 23.5 Å². The molecule has 0 saturated carbocycles. The molecule has 0 aliphatic carbocycles. The molecule has 6 nitrogen and oxygen atoms in total. The van der Waals surface area contributed by atoms with Gasteiger partial charge in [-0.1, -0.05) is 15.9 Å². The highest BCUT2D eigenvalue weighted by Gasteiger charge is 2.38. The molecular weight excluding hydrogens is 316 g/mol. The van der Waals surface area contributed by atoms with E-state index in [9.17, 15) is 14.4 Å². The van der Waals surface area contributed by atoms with E-state index in [1.165, 1.54) is 16.9 Å². The van der Waals surface area contributed by atoms with E-state index in [1.807, 2.05) is 0 Å².